The number of hydrogen-bond acceptors (Lipinski definition) is 2. The molecule has 0 aromatic heterocycles. The van der Waals surface area contributed by atoms with Crippen molar-refractivity contribution in [2.75, 3.05) is 13.1 Å². The molecule has 0 saturated heterocycles. The van der Waals surface area contributed by atoms with E-state index in [4.69, 9.17) is 11.5 Å². The summed E-state index contributed by atoms with van der Waals surface area (Å²) in [6.45, 7) is 5.95. The molecule has 2 heteroatoms. The molecule has 2 unspecified atom stereocenters. The Hall–Kier alpha value is -0.0800. The molecule has 0 fully saturated rings. The van der Waals surface area contributed by atoms with Gasteiger partial charge in [-0.25, -0.2) is 0 Å². The van der Waals surface area contributed by atoms with Gasteiger partial charge in [0.05, 0.1) is 0 Å². The third-order valence-electron chi connectivity index (χ3n) is 2.05. The van der Waals surface area contributed by atoms with Crippen LogP contribution in [0.15, 0.2) is 0 Å². The molecule has 0 aliphatic carbocycles. The fourth-order valence-corrected chi connectivity index (χ4v) is 1.09. The van der Waals surface area contributed by atoms with E-state index < -0.39 is 0 Å². The van der Waals surface area contributed by atoms with Crippen molar-refractivity contribution in [2.45, 2.75) is 26.7 Å². The summed E-state index contributed by atoms with van der Waals surface area (Å²) < 4.78 is 0. The van der Waals surface area contributed by atoms with E-state index in [9.17, 15) is 0 Å². The second-order valence-electron chi connectivity index (χ2n) is 3.09. The van der Waals surface area contributed by atoms with Crippen LogP contribution in [0.1, 0.15) is 26.7 Å². The van der Waals surface area contributed by atoms with E-state index in [1.54, 1.807) is 0 Å². The standard InChI is InChI=1S/C8H20N2/c1-3-8(6-10)4-7(2)5-9/h7-8H,3-6,9-10H2,1-2H3. The molecule has 0 aliphatic heterocycles. The highest BCUT2D eigenvalue weighted by Crippen LogP contribution is 2.12. The molecule has 2 nitrogen and oxygen atoms in total. The predicted molar refractivity (Wildman–Crippen MR) is 45.7 cm³/mol. The minimum absolute atomic E-state index is 0.633. The van der Waals surface area contributed by atoms with E-state index >= 15 is 0 Å². The normalized spacial score (nSPS) is 16.8. The molecule has 0 radical (unpaired) electrons. The summed E-state index contributed by atoms with van der Waals surface area (Å²) >= 11 is 0. The van der Waals surface area contributed by atoms with Crippen LogP contribution in [0.3, 0.4) is 0 Å². The molecular weight excluding hydrogens is 124 g/mol. The summed E-state index contributed by atoms with van der Waals surface area (Å²) in [4.78, 5) is 0. The Morgan fingerprint density at radius 3 is 2.10 bits per heavy atom. The highest BCUT2D eigenvalue weighted by Gasteiger charge is 2.07. The fourth-order valence-electron chi connectivity index (χ4n) is 1.09. The smallest absolute Gasteiger partial charge is 0.00489 e. The van der Waals surface area contributed by atoms with Gasteiger partial charge in [0.15, 0.2) is 0 Å². The Labute approximate surface area is 64.0 Å². The molecule has 0 rings (SSSR count). The lowest BCUT2D eigenvalue weighted by Crippen LogP contribution is -2.20. The Balaban J connectivity index is 3.41. The molecule has 0 heterocycles. The number of rotatable bonds is 5. The van der Waals surface area contributed by atoms with Crippen LogP contribution in [0.2, 0.25) is 0 Å². The van der Waals surface area contributed by atoms with Crippen LogP contribution in [0, 0.1) is 11.8 Å². The fraction of sp³-hybridized carbons (Fsp3) is 1.00. The molecule has 0 aromatic rings. The summed E-state index contributed by atoms with van der Waals surface area (Å²) in [6, 6.07) is 0. The molecular formula is C8H20N2. The van der Waals surface area contributed by atoms with Crippen molar-refractivity contribution in [3.63, 3.8) is 0 Å². The second kappa shape index (κ2) is 5.69. The molecule has 0 bridgehead atoms. The monoisotopic (exact) mass is 144 g/mol. The van der Waals surface area contributed by atoms with Gasteiger partial charge in [0.25, 0.3) is 0 Å². The Kier molecular flexibility index (Phi) is 5.64. The molecule has 2 atom stereocenters. The molecule has 0 amide bonds. The van der Waals surface area contributed by atoms with Crippen molar-refractivity contribution in [3.8, 4) is 0 Å². The van der Waals surface area contributed by atoms with Gasteiger partial charge >= 0.3 is 0 Å². The van der Waals surface area contributed by atoms with Gasteiger partial charge in [0.2, 0.25) is 0 Å². The Bertz CT molecular complexity index is 69.7. The highest BCUT2D eigenvalue weighted by molar-refractivity contribution is 4.62. The van der Waals surface area contributed by atoms with E-state index in [1.165, 1.54) is 12.8 Å². The quantitative estimate of drug-likeness (QED) is 0.603. The predicted octanol–water partition coefficient (Wildman–Crippen LogP) is 0.956. The topological polar surface area (TPSA) is 52.0 Å². The molecule has 0 aromatic carbocycles. The summed E-state index contributed by atoms with van der Waals surface area (Å²) in [6.07, 6.45) is 2.37. The maximum atomic E-state index is 5.55. The van der Waals surface area contributed by atoms with Crippen molar-refractivity contribution in [1.29, 1.82) is 0 Å². The molecule has 62 valence electrons. The number of nitrogens with two attached hydrogens (primary N) is 2. The number of hydrogen-bond donors (Lipinski definition) is 2. The first-order chi connectivity index (χ1) is 4.74. The van der Waals surface area contributed by atoms with Gasteiger partial charge in [-0.2, -0.15) is 0 Å². The summed E-state index contributed by atoms with van der Waals surface area (Å²) in [5.41, 5.74) is 11.0. The lowest BCUT2D eigenvalue weighted by molar-refractivity contribution is 0.393. The van der Waals surface area contributed by atoms with Gasteiger partial charge in [-0.1, -0.05) is 20.3 Å². The van der Waals surface area contributed by atoms with Crippen molar-refractivity contribution >= 4 is 0 Å². The minimum Gasteiger partial charge on any atom is -0.330 e. The van der Waals surface area contributed by atoms with Crippen LogP contribution in [-0.4, -0.2) is 13.1 Å². The van der Waals surface area contributed by atoms with E-state index in [2.05, 4.69) is 13.8 Å². The van der Waals surface area contributed by atoms with Crippen LogP contribution in [-0.2, 0) is 0 Å². The summed E-state index contributed by atoms with van der Waals surface area (Å²) in [5, 5.41) is 0. The van der Waals surface area contributed by atoms with E-state index in [-0.39, 0.29) is 0 Å². The SMILES string of the molecule is CCC(CN)CC(C)CN. The summed E-state index contributed by atoms with van der Waals surface area (Å²) in [7, 11) is 0. The zero-order valence-electron chi connectivity index (χ0n) is 7.14. The molecule has 0 aliphatic rings. The van der Waals surface area contributed by atoms with Crippen LogP contribution in [0.4, 0.5) is 0 Å². The van der Waals surface area contributed by atoms with Crippen molar-refractivity contribution < 1.29 is 0 Å². The van der Waals surface area contributed by atoms with Gasteiger partial charge in [-0.15, -0.1) is 0 Å². The van der Waals surface area contributed by atoms with E-state index in [0.717, 1.165) is 13.1 Å². The van der Waals surface area contributed by atoms with Crippen LogP contribution < -0.4 is 11.5 Å². The third kappa shape index (κ3) is 3.85. The molecule has 4 N–H and O–H groups in total. The van der Waals surface area contributed by atoms with Gasteiger partial charge in [-0.05, 0) is 31.3 Å². The molecule has 0 saturated carbocycles. The van der Waals surface area contributed by atoms with Gasteiger partial charge in [0.1, 0.15) is 0 Å². The highest BCUT2D eigenvalue weighted by atomic mass is 14.6. The third-order valence-corrected chi connectivity index (χ3v) is 2.05. The lowest BCUT2D eigenvalue weighted by atomic mass is 9.94. The maximum absolute atomic E-state index is 5.55. The molecule has 10 heavy (non-hydrogen) atoms. The van der Waals surface area contributed by atoms with Crippen LogP contribution in [0.25, 0.3) is 0 Å². The zero-order valence-corrected chi connectivity index (χ0v) is 7.14. The lowest BCUT2D eigenvalue weighted by Gasteiger charge is -2.15. The van der Waals surface area contributed by atoms with E-state index in [0.29, 0.717) is 11.8 Å². The second-order valence-corrected chi connectivity index (χ2v) is 3.09. The maximum Gasteiger partial charge on any atom is -0.00489 e. The zero-order chi connectivity index (χ0) is 7.98. The average Bonchev–Trinajstić information content (AvgIpc) is 1.99. The molecule has 0 spiro atoms. The average molecular weight is 144 g/mol. The first kappa shape index (κ1) is 9.92. The van der Waals surface area contributed by atoms with Gasteiger partial charge in [-0.3, -0.25) is 0 Å². The van der Waals surface area contributed by atoms with Gasteiger partial charge in [0, 0.05) is 0 Å². The van der Waals surface area contributed by atoms with Crippen molar-refractivity contribution in [1.82, 2.24) is 0 Å². The minimum atomic E-state index is 0.633. The van der Waals surface area contributed by atoms with Crippen LogP contribution in [0.5, 0.6) is 0 Å². The Morgan fingerprint density at radius 2 is 1.80 bits per heavy atom. The largest absolute Gasteiger partial charge is 0.330 e. The van der Waals surface area contributed by atoms with Crippen molar-refractivity contribution in [3.05, 3.63) is 0 Å². The Morgan fingerprint density at radius 1 is 1.20 bits per heavy atom. The van der Waals surface area contributed by atoms with Gasteiger partial charge < -0.3 is 11.5 Å². The summed E-state index contributed by atoms with van der Waals surface area (Å²) in [5.74, 6) is 1.31. The first-order valence-electron chi connectivity index (χ1n) is 4.14. The first-order valence-corrected chi connectivity index (χ1v) is 4.14. The van der Waals surface area contributed by atoms with E-state index in [1.807, 2.05) is 0 Å². The van der Waals surface area contributed by atoms with Crippen molar-refractivity contribution in [2.24, 2.45) is 23.3 Å². The van der Waals surface area contributed by atoms with Crippen LogP contribution >= 0.6 is 0 Å².